The molecule has 0 aliphatic heterocycles. The van der Waals surface area contributed by atoms with Gasteiger partial charge in [0, 0.05) is 19.3 Å². The van der Waals surface area contributed by atoms with Gasteiger partial charge in [0.2, 0.25) is 0 Å². The molecule has 0 amide bonds. The molecule has 2 unspecified atom stereocenters. The lowest BCUT2D eigenvalue weighted by Crippen LogP contribution is -2.50. The van der Waals surface area contributed by atoms with Gasteiger partial charge in [0.25, 0.3) is 0 Å². The Kier molecular flexibility index (Phi) is 28.7. The molecule has 46 heavy (non-hydrogen) atoms. The molecule has 8 nitrogen and oxygen atoms in total. The number of unbranched alkanes of at least 4 members (excludes halogenated alkanes) is 14. The van der Waals surface area contributed by atoms with Crippen LogP contribution in [-0.2, 0) is 28.6 Å². The Labute approximate surface area is 281 Å². The summed E-state index contributed by atoms with van der Waals surface area (Å²) in [7, 11) is 5.50. The highest BCUT2D eigenvalue weighted by molar-refractivity contribution is 5.72. The van der Waals surface area contributed by atoms with E-state index in [4.69, 9.17) is 14.2 Å². The second kappa shape index (κ2) is 30.2. The second-order valence-corrected chi connectivity index (χ2v) is 13.5. The fourth-order valence-electron chi connectivity index (χ4n) is 5.18. The first kappa shape index (κ1) is 43.8. The smallest absolute Gasteiger partial charge is 0.362 e. The molecule has 0 bridgehead atoms. The lowest BCUT2D eigenvalue weighted by Gasteiger charge is -2.31. The number of carboxylic acids is 1. The van der Waals surface area contributed by atoms with Crippen LogP contribution in [0.5, 0.6) is 0 Å². The minimum Gasteiger partial charge on any atom is -0.477 e. The summed E-state index contributed by atoms with van der Waals surface area (Å²) < 4.78 is 17.1. The third-order valence-corrected chi connectivity index (χ3v) is 8.10. The van der Waals surface area contributed by atoms with Gasteiger partial charge >= 0.3 is 17.9 Å². The van der Waals surface area contributed by atoms with Crippen molar-refractivity contribution in [1.29, 1.82) is 0 Å². The Hall–Kier alpha value is -2.19. The average Bonchev–Trinajstić information content (AvgIpc) is 3.00. The number of hydrogen-bond donors (Lipinski definition) is 1. The minimum absolute atomic E-state index is 0.0546. The summed E-state index contributed by atoms with van der Waals surface area (Å²) in [5, 5.41) is 9.55. The number of quaternary nitrogens is 1. The van der Waals surface area contributed by atoms with E-state index in [1.807, 2.05) is 21.1 Å². The highest BCUT2D eigenvalue weighted by atomic mass is 16.6. The molecule has 0 aliphatic rings. The number of rotatable bonds is 32. The maximum Gasteiger partial charge on any atom is 0.362 e. The maximum atomic E-state index is 12.6. The molecular formula is C38H70NO7+. The molecule has 8 heteroatoms. The van der Waals surface area contributed by atoms with Gasteiger partial charge in [-0.3, -0.25) is 9.59 Å². The third-order valence-electron chi connectivity index (χ3n) is 8.10. The van der Waals surface area contributed by atoms with Crippen LogP contribution in [0.3, 0.4) is 0 Å². The van der Waals surface area contributed by atoms with Crippen LogP contribution < -0.4 is 0 Å². The van der Waals surface area contributed by atoms with Crippen LogP contribution in [0.2, 0.25) is 0 Å². The first-order valence-corrected chi connectivity index (χ1v) is 18.4. The molecule has 0 radical (unpaired) electrons. The average molecular weight is 653 g/mol. The zero-order valence-electron chi connectivity index (χ0n) is 30.3. The van der Waals surface area contributed by atoms with Gasteiger partial charge in [-0.1, -0.05) is 109 Å². The summed E-state index contributed by atoms with van der Waals surface area (Å²) in [6, 6.07) is -0.612. The van der Waals surface area contributed by atoms with E-state index in [0.717, 1.165) is 64.2 Å². The van der Waals surface area contributed by atoms with Crippen molar-refractivity contribution in [1.82, 2.24) is 0 Å². The van der Waals surface area contributed by atoms with E-state index in [0.29, 0.717) is 19.3 Å². The van der Waals surface area contributed by atoms with Crippen molar-refractivity contribution >= 4 is 17.9 Å². The number of aliphatic carboxylic acids is 1. The summed E-state index contributed by atoms with van der Waals surface area (Å²) in [6.45, 7) is 4.63. The van der Waals surface area contributed by atoms with Crippen molar-refractivity contribution in [2.75, 3.05) is 41.0 Å². The first-order valence-electron chi connectivity index (χ1n) is 18.4. The zero-order valence-corrected chi connectivity index (χ0v) is 30.3. The Bertz CT molecular complexity index is 818. The molecule has 0 aromatic heterocycles. The van der Waals surface area contributed by atoms with Crippen molar-refractivity contribution in [3.8, 4) is 0 Å². The third kappa shape index (κ3) is 28.1. The Balaban J connectivity index is 4.42. The quantitative estimate of drug-likeness (QED) is 0.0335. The molecule has 0 saturated carbocycles. The lowest BCUT2D eigenvalue weighted by atomic mass is 10.1. The van der Waals surface area contributed by atoms with Gasteiger partial charge in [0.15, 0.2) is 12.1 Å². The van der Waals surface area contributed by atoms with Crippen molar-refractivity contribution < 1.29 is 38.2 Å². The van der Waals surface area contributed by atoms with Crippen LogP contribution in [0.15, 0.2) is 24.3 Å². The fraction of sp³-hybridized carbons (Fsp3) is 0.816. The summed E-state index contributed by atoms with van der Waals surface area (Å²) in [5.74, 6) is -1.49. The van der Waals surface area contributed by atoms with Crippen LogP contribution in [0.25, 0.3) is 0 Å². The molecule has 0 rings (SSSR count). The van der Waals surface area contributed by atoms with Gasteiger partial charge < -0.3 is 23.8 Å². The summed E-state index contributed by atoms with van der Waals surface area (Å²) >= 11 is 0. The molecule has 0 spiro atoms. The van der Waals surface area contributed by atoms with E-state index in [1.54, 1.807) is 0 Å². The number of esters is 2. The normalized spacial score (nSPS) is 13.3. The summed E-state index contributed by atoms with van der Waals surface area (Å²) in [4.78, 5) is 36.6. The Morgan fingerprint density at radius 3 is 1.72 bits per heavy atom. The van der Waals surface area contributed by atoms with E-state index in [2.05, 4.69) is 38.2 Å². The predicted octanol–water partition coefficient (Wildman–Crippen LogP) is 8.96. The SMILES string of the molecule is CCCCC/C=C\C/C=C\CCCCCCCC(=O)OC(COCCC(C(=O)O)[N+](C)(C)C)COC(=O)CCCCCCCCC. The Morgan fingerprint density at radius 2 is 1.15 bits per heavy atom. The van der Waals surface area contributed by atoms with Gasteiger partial charge in [0.1, 0.15) is 6.61 Å². The molecule has 1 N–H and O–H groups in total. The summed E-state index contributed by atoms with van der Waals surface area (Å²) in [6.07, 6.45) is 29.4. The zero-order chi connectivity index (χ0) is 34.3. The number of carbonyl (C=O) groups excluding carboxylic acids is 2. The van der Waals surface area contributed by atoms with E-state index < -0.39 is 18.1 Å². The predicted molar refractivity (Wildman–Crippen MR) is 188 cm³/mol. The minimum atomic E-state index is -0.879. The van der Waals surface area contributed by atoms with Gasteiger partial charge in [-0.25, -0.2) is 4.79 Å². The largest absolute Gasteiger partial charge is 0.477 e. The van der Waals surface area contributed by atoms with E-state index in [9.17, 15) is 19.5 Å². The number of carbonyl (C=O) groups is 3. The van der Waals surface area contributed by atoms with Crippen molar-refractivity contribution in [2.24, 2.45) is 0 Å². The molecule has 2 atom stereocenters. The van der Waals surface area contributed by atoms with Crippen LogP contribution in [0.1, 0.15) is 149 Å². The maximum absolute atomic E-state index is 12.6. The highest BCUT2D eigenvalue weighted by Crippen LogP contribution is 2.13. The number of ether oxygens (including phenoxy) is 3. The van der Waals surface area contributed by atoms with Crippen LogP contribution in [-0.4, -0.2) is 80.6 Å². The molecule has 0 aromatic carbocycles. The van der Waals surface area contributed by atoms with Gasteiger partial charge in [-0.15, -0.1) is 0 Å². The molecule has 268 valence electrons. The van der Waals surface area contributed by atoms with E-state index >= 15 is 0 Å². The molecule has 0 saturated heterocycles. The van der Waals surface area contributed by atoms with Gasteiger partial charge in [-0.05, 0) is 44.9 Å². The number of nitrogens with zero attached hydrogens (tertiary/aromatic N) is 1. The van der Waals surface area contributed by atoms with Crippen LogP contribution >= 0.6 is 0 Å². The molecule has 0 aliphatic carbocycles. The summed E-state index contributed by atoms with van der Waals surface area (Å²) in [5.41, 5.74) is 0. The molecule has 0 aromatic rings. The van der Waals surface area contributed by atoms with E-state index in [-0.39, 0.29) is 36.2 Å². The monoisotopic (exact) mass is 653 g/mol. The van der Waals surface area contributed by atoms with E-state index in [1.165, 1.54) is 51.4 Å². The fourth-order valence-corrected chi connectivity index (χ4v) is 5.18. The number of likely N-dealkylation sites (N-methyl/N-ethyl adjacent to an activating group) is 1. The molecular weight excluding hydrogens is 582 g/mol. The highest BCUT2D eigenvalue weighted by Gasteiger charge is 2.31. The van der Waals surface area contributed by atoms with Crippen molar-refractivity contribution in [3.05, 3.63) is 24.3 Å². The molecule has 0 heterocycles. The second-order valence-electron chi connectivity index (χ2n) is 13.5. The van der Waals surface area contributed by atoms with Crippen LogP contribution in [0, 0.1) is 0 Å². The Morgan fingerprint density at radius 1 is 0.652 bits per heavy atom. The van der Waals surface area contributed by atoms with Crippen molar-refractivity contribution in [3.63, 3.8) is 0 Å². The topological polar surface area (TPSA) is 99.1 Å². The van der Waals surface area contributed by atoms with Gasteiger partial charge in [-0.2, -0.15) is 0 Å². The lowest BCUT2D eigenvalue weighted by molar-refractivity contribution is -0.887. The van der Waals surface area contributed by atoms with Crippen LogP contribution in [0.4, 0.5) is 0 Å². The number of carboxylic acid groups (broad SMARTS) is 1. The first-order chi connectivity index (χ1) is 22.1. The number of hydrogen-bond acceptors (Lipinski definition) is 6. The molecule has 0 fully saturated rings. The van der Waals surface area contributed by atoms with Gasteiger partial charge in [0.05, 0.1) is 34.4 Å². The van der Waals surface area contributed by atoms with Crippen molar-refractivity contribution in [2.45, 2.75) is 161 Å². The number of allylic oxidation sites excluding steroid dienone is 4. The standard InChI is InChI=1S/C38H69NO7/c1-6-8-10-12-14-15-16-17-18-19-20-21-23-25-27-29-37(41)46-34(32-44-31-30-35(38(42)43)39(3,4)5)33-45-36(40)28-26-24-22-13-11-9-7-2/h14-15,17-18,34-35H,6-13,16,19-33H2,1-5H3/p+1/b15-14-,18-17-.